The monoisotopic (exact) mass is 474 g/mol. The Morgan fingerprint density at radius 1 is 1.03 bits per heavy atom. The van der Waals surface area contributed by atoms with Gasteiger partial charge in [-0.05, 0) is 41.8 Å². The van der Waals surface area contributed by atoms with E-state index in [2.05, 4.69) is 9.97 Å². The van der Waals surface area contributed by atoms with Gasteiger partial charge in [-0.15, -0.1) is 0 Å². The predicted molar refractivity (Wildman–Crippen MR) is 135 cm³/mol. The van der Waals surface area contributed by atoms with Crippen molar-refractivity contribution in [3.05, 3.63) is 118 Å². The Balaban J connectivity index is 0.000000398. The van der Waals surface area contributed by atoms with Gasteiger partial charge in [-0.25, -0.2) is 9.37 Å². The van der Waals surface area contributed by atoms with Gasteiger partial charge in [-0.1, -0.05) is 53.6 Å². The van der Waals surface area contributed by atoms with Crippen molar-refractivity contribution >= 4 is 22.5 Å². The van der Waals surface area contributed by atoms with Crippen molar-refractivity contribution in [1.82, 2.24) is 19.1 Å². The third-order valence-electron chi connectivity index (χ3n) is 5.54. The quantitative estimate of drug-likeness (QED) is 0.320. The molecule has 0 bridgehead atoms. The van der Waals surface area contributed by atoms with Gasteiger partial charge < -0.3 is 9.13 Å². The summed E-state index contributed by atoms with van der Waals surface area (Å²) in [6.07, 6.45) is 5.57. The van der Waals surface area contributed by atoms with Crippen LogP contribution in [-0.4, -0.2) is 19.1 Å². The smallest absolute Gasteiger partial charge is 0.251 e. The summed E-state index contributed by atoms with van der Waals surface area (Å²) in [4.78, 5) is 20.5. The van der Waals surface area contributed by atoms with E-state index in [1.807, 2.05) is 49.0 Å². The number of hydrogen-bond donors (Lipinski definition) is 0. The van der Waals surface area contributed by atoms with E-state index in [-0.39, 0.29) is 5.56 Å². The largest absolute Gasteiger partial charge is 0.341 e. The van der Waals surface area contributed by atoms with Gasteiger partial charge in [-0.2, -0.15) is 0 Å². The molecule has 0 saturated heterocycles. The zero-order chi connectivity index (χ0) is 24.2. The topological polar surface area (TPSA) is 52.7 Å². The van der Waals surface area contributed by atoms with Crippen LogP contribution in [0, 0.1) is 6.92 Å². The summed E-state index contributed by atoms with van der Waals surface area (Å²) in [5.74, 6) is 0. The second-order valence-corrected chi connectivity index (χ2v) is 8.53. The summed E-state index contributed by atoms with van der Waals surface area (Å²) in [6, 6.07) is 17.9. The zero-order valence-corrected chi connectivity index (χ0v) is 19.9. The standard InChI is InChI=1S/C23H18ClFN2O.C4H6N2/c1-14-4-3-5-16(10-14)18-12-22(28)27(2)21-13-26-20(11-19(18)21)23(25)15-6-8-17(24)9-7-15;1-6-3-2-5-4-6/h3-13,23H,1-2H3;2-4H,1H3. The third-order valence-corrected chi connectivity index (χ3v) is 5.79. The molecular formula is C27H24ClFN4O. The van der Waals surface area contributed by atoms with E-state index in [1.54, 1.807) is 62.2 Å². The van der Waals surface area contributed by atoms with E-state index < -0.39 is 6.17 Å². The lowest BCUT2D eigenvalue weighted by Crippen LogP contribution is -2.17. The maximum atomic E-state index is 15.1. The molecule has 0 aliphatic heterocycles. The van der Waals surface area contributed by atoms with Crippen molar-refractivity contribution in [2.24, 2.45) is 14.1 Å². The first kappa shape index (κ1) is 23.4. The maximum absolute atomic E-state index is 15.1. The number of alkyl halides is 1. The van der Waals surface area contributed by atoms with Crippen LogP contribution in [0.15, 0.2) is 90.4 Å². The fourth-order valence-electron chi connectivity index (χ4n) is 3.68. The average Bonchev–Trinajstić information content (AvgIpc) is 3.32. The number of aryl methyl sites for hydroxylation is 3. The van der Waals surface area contributed by atoms with Gasteiger partial charge in [0.05, 0.1) is 23.7 Å². The molecule has 0 radical (unpaired) electrons. The molecule has 5 rings (SSSR count). The Labute approximate surface area is 202 Å². The molecular weight excluding hydrogens is 451 g/mol. The minimum Gasteiger partial charge on any atom is -0.341 e. The fraction of sp³-hybridized carbons (Fsp3) is 0.148. The van der Waals surface area contributed by atoms with E-state index in [9.17, 15) is 4.79 Å². The van der Waals surface area contributed by atoms with Crippen molar-refractivity contribution in [2.75, 3.05) is 0 Å². The van der Waals surface area contributed by atoms with Crippen molar-refractivity contribution < 1.29 is 4.39 Å². The maximum Gasteiger partial charge on any atom is 0.251 e. The predicted octanol–water partition coefficient (Wildman–Crippen LogP) is 6.04. The number of halogens is 2. The Morgan fingerprint density at radius 3 is 2.41 bits per heavy atom. The molecule has 172 valence electrons. The molecule has 0 aliphatic rings. The fourth-order valence-corrected chi connectivity index (χ4v) is 3.81. The van der Waals surface area contributed by atoms with Crippen LogP contribution in [-0.2, 0) is 14.1 Å². The SMILES string of the molecule is Cc1cccc(-c2cc(=O)n(C)c3cnc(C(F)c4ccc(Cl)cc4)cc23)c1.Cn1ccnc1. The third kappa shape index (κ3) is 5.07. The molecule has 3 heterocycles. The Morgan fingerprint density at radius 2 is 1.79 bits per heavy atom. The van der Waals surface area contributed by atoms with Crippen LogP contribution in [0.25, 0.3) is 22.0 Å². The molecule has 0 spiro atoms. The number of hydrogen-bond acceptors (Lipinski definition) is 3. The first-order chi connectivity index (χ1) is 16.3. The molecule has 0 fully saturated rings. The van der Waals surface area contributed by atoms with Crippen LogP contribution >= 0.6 is 11.6 Å². The summed E-state index contributed by atoms with van der Waals surface area (Å²) in [5, 5.41) is 1.34. The van der Waals surface area contributed by atoms with Gasteiger partial charge in [0.25, 0.3) is 5.56 Å². The van der Waals surface area contributed by atoms with Crippen LogP contribution in [0.5, 0.6) is 0 Å². The Bertz CT molecular complexity index is 1480. The molecule has 0 N–H and O–H groups in total. The van der Waals surface area contributed by atoms with Crippen molar-refractivity contribution in [3.63, 3.8) is 0 Å². The van der Waals surface area contributed by atoms with Crippen LogP contribution in [0.2, 0.25) is 5.02 Å². The average molecular weight is 475 g/mol. The van der Waals surface area contributed by atoms with Gasteiger partial charge in [0.1, 0.15) is 0 Å². The number of fused-ring (bicyclic) bond motifs is 1. The second-order valence-electron chi connectivity index (χ2n) is 8.09. The number of pyridine rings is 2. The molecule has 34 heavy (non-hydrogen) atoms. The lowest BCUT2D eigenvalue weighted by atomic mass is 9.98. The molecule has 0 saturated carbocycles. The summed E-state index contributed by atoms with van der Waals surface area (Å²) in [7, 11) is 3.63. The highest BCUT2D eigenvalue weighted by Crippen LogP contribution is 2.32. The highest BCUT2D eigenvalue weighted by Gasteiger charge is 2.17. The van der Waals surface area contributed by atoms with E-state index in [4.69, 9.17) is 11.6 Å². The number of benzene rings is 2. The minimum absolute atomic E-state index is 0.131. The van der Waals surface area contributed by atoms with E-state index in [0.717, 1.165) is 22.1 Å². The molecule has 0 amide bonds. The Hall–Kier alpha value is -3.77. The molecule has 1 unspecified atom stereocenters. The zero-order valence-electron chi connectivity index (χ0n) is 19.1. The molecule has 2 aromatic carbocycles. The van der Waals surface area contributed by atoms with Crippen LogP contribution in [0.4, 0.5) is 4.39 Å². The van der Waals surface area contributed by atoms with E-state index in [1.165, 1.54) is 4.57 Å². The summed E-state index contributed by atoms with van der Waals surface area (Å²) in [6.45, 7) is 2.00. The molecule has 7 heteroatoms. The molecule has 5 nitrogen and oxygen atoms in total. The summed E-state index contributed by atoms with van der Waals surface area (Å²) >= 11 is 5.90. The number of nitrogens with zero attached hydrogens (tertiary/aromatic N) is 4. The van der Waals surface area contributed by atoms with Gasteiger partial charge in [0, 0.05) is 43.0 Å². The van der Waals surface area contributed by atoms with Gasteiger partial charge in [0.15, 0.2) is 6.17 Å². The lowest BCUT2D eigenvalue weighted by Gasteiger charge is -2.14. The number of imidazole rings is 1. The van der Waals surface area contributed by atoms with Gasteiger partial charge >= 0.3 is 0 Å². The summed E-state index contributed by atoms with van der Waals surface area (Å²) < 4.78 is 18.5. The van der Waals surface area contributed by atoms with Crippen molar-refractivity contribution in [3.8, 4) is 11.1 Å². The van der Waals surface area contributed by atoms with E-state index >= 15 is 4.39 Å². The van der Waals surface area contributed by atoms with Crippen LogP contribution in [0.3, 0.4) is 0 Å². The number of aromatic nitrogens is 4. The van der Waals surface area contributed by atoms with Crippen LogP contribution in [0.1, 0.15) is 23.0 Å². The highest BCUT2D eigenvalue weighted by atomic mass is 35.5. The normalized spacial score (nSPS) is 11.7. The molecule has 3 aromatic heterocycles. The molecule has 5 aromatic rings. The Kier molecular flexibility index (Phi) is 6.89. The van der Waals surface area contributed by atoms with Crippen molar-refractivity contribution in [2.45, 2.75) is 13.1 Å². The number of rotatable bonds is 3. The first-order valence-corrected chi connectivity index (χ1v) is 11.1. The van der Waals surface area contributed by atoms with Gasteiger partial charge in [0.2, 0.25) is 0 Å². The lowest BCUT2D eigenvalue weighted by molar-refractivity contribution is 0.394. The first-order valence-electron chi connectivity index (χ1n) is 10.7. The molecule has 0 aliphatic carbocycles. The van der Waals surface area contributed by atoms with E-state index in [0.29, 0.717) is 21.8 Å². The minimum atomic E-state index is -1.38. The van der Waals surface area contributed by atoms with Crippen molar-refractivity contribution in [1.29, 1.82) is 0 Å². The molecule has 1 atom stereocenters. The van der Waals surface area contributed by atoms with Crippen LogP contribution < -0.4 is 5.56 Å². The second kappa shape index (κ2) is 10.0. The highest BCUT2D eigenvalue weighted by molar-refractivity contribution is 6.30. The summed E-state index contributed by atoms with van der Waals surface area (Å²) in [5.41, 5.74) is 4.09. The van der Waals surface area contributed by atoms with Gasteiger partial charge in [-0.3, -0.25) is 9.78 Å².